The molecule has 4 rings (SSSR count). The van der Waals surface area contributed by atoms with Gasteiger partial charge in [-0.15, -0.1) is 0 Å². The first kappa shape index (κ1) is 15.8. The van der Waals surface area contributed by atoms with Crippen molar-refractivity contribution in [2.75, 3.05) is 37.7 Å². The quantitative estimate of drug-likeness (QED) is 0.846. The molecule has 5 heteroatoms. The van der Waals surface area contributed by atoms with Crippen LogP contribution in [0.5, 0.6) is 0 Å². The van der Waals surface area contributed by atoms with Crippen LogP contribution < -0.4 is 4.90 Å². The van der Waals surface area contributed by atoms with Crippen LogP contribution in [0.1, 0.15) is 26.3 Å². The lowest BCUT2D eigenvalue weighted by Crippen LogP contribution is -2.40. The highest BCUT2D eigenvalue weighted by atomic mass is 16.5. The molecule has 2 heterocycles. The monoisotopic (exact) mass is 336 g/mol. The topological polar surface area (TPSA) is 49.9 Å². The SMILES string of the molecule is O=C(c1ccc(C(=O)N2CCc3ccccc32)cc1)N1CCOCC1. The number of hydrogen-bond acceptors (Lipinski definition) is 3. The van der Waals surface area contributed by atoms with E-state index in [9.17, 15) is 9.59 Å². The highest BCUT2D eigenvalue weighted by molar-refractivity contribution is 6.07. The lowest BCUT2D eigenvalue weighted by molar-refractivity contribution is 0.0303. The summed E-state index contributed by atoms with van der Waals surface area (Å²) < 4.78 is 5.28. The Bertz CT molecular complexity index is 795. The molecule has 5 nitrogen and oxygen atoms in total. The van der Waals surface area contributed by atoms with E-state index in [0.29, 0.717) is 44.0 Å². The van der Waals surface area contributed by atoms with Crippen molar-refractivity contribution in [3.05, 3.63) is 65.2 Å². The number of amides is 2. The minimum Gasteiger partial charge on any atom is -0.378 e. The number of nitrogens with zero attached hydrogens (tertiary/aromatic N) is 2. The van der Waals surface area contributed by atoms with Gasteiger partial charge in [0.1, 0.15) is 0 Å². The smallest absolute Gasteiger partial charge is 0.258 e. The van der Waals surface area contributed by atoms with Crippen molar-refractivity contribution in [1.82, 2.24) is 4.90 Å². The minimum absolute atomic E-state index is 0.00572. The molecule has 0 aromatic heterocycles. The van der Waals surface area contributed by atoms with E-state index < -0.39 is 0 Å². The third kappa shape index (κ3) is 3.03. The number of morpholine rings is 1. The molecule has 2 aromatic rings. The summed E-state index contributed by atoms with van der Waals surface area (Å²) in [4.78, 5) is 28.9. The first-order valence-corrected chi connectivity index (χ1v) is 8.61. The number of rotatable bonds is 2. The molecular formula is C20H20N2O3. The van der Waals surface area contributed by atoms with E-state index in [2.05, 4.69) is 6.07 Å². The second-order valence-electron chi connectivity index (χ2n) is 6.32. The van der Waals surface area contributed by atoms with E-state index in [0.717, 1.165) is 12.1 Å². The van der Waals surface area contributed by atoms with Crippen LogP contribution in [0.25, 0.3) is 0 Å². The maximum atomic E-state index is 12.8. The number of para-hydroxylation sites is 1. The van der Waals surface area contributed by atoms with Crippen molar-refractivity contribution >= 4 is 17.5 Å². The largest absolute Gasteiger partial charge is 0.378 e. The molecule has 0 unspecified atom stereocenters. The third-order valence-corrected chi connectivity index (χ3v) is 4.81. The zero-order valence-corrected chi connectivity index (χ0v) is 14.0. The van der Waals surface area contributed by atoms with Gasteiger partial charge in [-0.2, -0.15) is 0 Å². The van der Waals surface area contributed by atoms with Crippen molar-refractivity contribution in [3.63, 3.8) is 0 Å². The van der Waals surface area contributed by atoms with E-state index >= 15 is 0 Å². The van der Waals surface area contributed by atoms with Gasteiger partial charge in [-0.25, -0.2) is 0 Å². The molecule has 2 amide bonds. The standard InChI is InChI=1S/C20H20N2O3/c23-19(21-11-13-25-14-12-21)16-5-7-17(8-6-16)20(24)22-10-9-15-3-1-2-4-18(15)22/h1-8H,9-14H2. The average molecular weight is 336 g/mol. The van der Waals surface area contributed by atoms with Crippen LogP contribution in [0, 0.1) is 0 Å². The Hall–Kier alpha value is -2.66. The first-order valence-electron chi connectivity index (χ1n) is 8.61. The molecule has 2 aliphatic rings. The number of fused-ring (bicyclic) bond motifs is 1. The molecular weight excluding hydrogens is 316 g/mol. The van der Waals surface area contributed by atoms with Gasteiger partial charge in [0, 0.05) is 36.4 Å². The summed E-state index contributed by atoms with van der Waals surface area (Å²) in [6.07, 6.45) is 0.884. The Balaban J connectivity index is 1.50. The van der Waals surface area contributed by atoms with Gasteiger partial charge in [0.05, 0.1) is 13.2 Å². The Labute approximate surface area is 146 Å². The van der Waals surface area contributed by atoms with Crippen molar-refractivity contribution in [3.8, 4) is 0 Å². The fourth-order valence-electron chi connectivity index (χ4n) is 3.41. The predicted octanol–water partition coefficient (Wildman–Crippen LogP) is 2.36. The Kier molecular flexibility index (Phi) is 4.24. The minimum atomic E-state index is -0.0182. The summed E-state index contributed by atoms with van der Waals surface area (Å²) in [5, 5.41) is 0. The second kappa shape index (κ2) is 6.69. The number of carbonyl (C=O) groups excluding carboxylic acids is 2. The maximum absolute atomic E-state index is 12.8. The Morgan fingerprint density at radius 2 is 1.44 bits per heavy atom. The number of carbonyl (C=O) groups is 2. The van der Waals surface area contributed by atoms with Crippen LogP contribution in [-0.2, 0) is 11.2 Å². The van der Waals surface area contributed by atoms with Crippen LogP contribution in [-0.4, -0.2) is 49.6 Å². The van der Waals surface area contributed by atoms with Crippen LogP contribution in [0.2, 0.25) is 0 Å². The molecule has 2 aromatic carbocycles. The van der Waals surface area contributed by atoms with Gasteiger partial charge < -0.3 is 14.5 Å². The number of ether oxygens (including phenoxy) is 1. The molecule has 0 N–H and O–H groups in total. The van der Waals surface area contributed by atoms with Crippen LogP contribution >= 0.6 is 0 Å². The molecule has 0 saturated carbocycles. The molecule has 128 valence electrons. The summed E-state index contributed by atoms with van der Waals surface area (Å²) in [7, 11) is 0. The summed E-state index contributed by atoms with van der Waals surface area (Å²) in [6, 6.07) is 15.0. The molecule has 2 aliphatic heterocycles. The molecule has 0 spiro atoms. The zero-order valence-electron chi connectivity index (χ0n) is 14.0. The Morgan fingerprint density at radius 1 is 0.800 bits per heavy atom. The Morgan fingerprint density at radius 3 is 2.16 bits per heavy atom. The maximum Gasteiger partial charge on any atom is 0.258 e. The fraction of sp³-hybridized carbons (Fsp3) is 0.300. The first-order chi connectivity index (χ1) is 12.2. The average Bonchev–Trinajstić information content (AvgIpc) is 3.12. The lowest BCUT2D eigenvalue weighted by atomic mass is 10.1. The van der Waals surface area contributed by atoms with E-state index in [-0.39, 0.29) is 11.8 Å². The third-order valence-electron chi connectivity index (χ3n) is 4.81. The van der Waals surface area contributed by atoms with E-state index in [4.69, 9.17) is 4.74 Å². The fourth-order valence-corrected chi connectivity index (χ4v) is 3.41. The van der Waals surface area contributed by atoms with E-state index in [1.54, 1.807) is 29.2 Å². The summed E-state index contributed by atoms with van der Waals surface area (Å²) in [5.74, 6) is -0.0239. The highest BCUT2D eigenvalue weighted by Crippen LogP contribution is 2.28. The van der Waals surface area contributed by atoms with Gasteiger partial charge in [0.15, 0.2) is 0 Å². The van der Waals surface area contributed by atoms with Crippen molar-refractivity contribution in [1.29, 1.82) is 0 Å². The van der Waals surface area contributed by atoms with Crippen molar-refractivity contribution in [2.45, 2.75) is 6.42 Å². The molecule has 1 fully saturated rings. The normalized spacial score (nSPS) is 16.6. The van der Waals surface area contributed by atoms with Gasteiger partial charge >= 0.3 is 0 Å². The molecule has 0 radical (unpaired) electrons. The molecule has 25 heavy (non-hydrogen) atoms. The van der Waals surface area contributed by atoms with E-state index in [1.165, 1.54) is 5.56 Å². The van der Waals surface area contributed by atoms with E-state index in [1.807, 2.05) is 23.1 Å². The highest BCUT2D eigenvalue weighted by Gasteiger charge is 2.25. The summed E-state index contributed by atoms with van der Waals surface area (Å²) in [6.45, 7) is 3.09. The number of benzene rings is 2. The number of hydrogen-bond donors (Lipinski definition) is 0. The van der Waals surface area contributed by atoms with Gasteiger partial charge in [0.25, 0.3) is 11.8 Å². The lowest BCUT2D eigenvalue weighted by Gasteiger charge is -2.27. The van der Waals surface area contributed by atoms with Gasteiger partial charge in [-0.3, -0.25) is 9.59 Å². The van der Waals surface area contributed by atoms with Gasteiger partial charge in [-0.1, -0.05) is 18.2 Å². The number of anilines is 1. The zero-order chi connectivity index (χ0) is 17.2. The van der Waals surface area contributed by atoms with Gasteiger partial charge in [-0.05, 0) is 42.3 Å². The molecule has 1 saturated heterocycles. The second-order valence-corrected chi connectivity index (χ2v) is 6.32. The van der Waals surface area contributed by atoms with Crippen molar-refractivity contribution < 1.29 is 14.3 Å². The molecule has 0 aliphatic carbocycles. The summed E-state index contributed by atoms with van der Waals surface area (Å²) in [5.41, 5.74) is 3.41. The molecule has 0 atom stereocenters. The summed E-state index contributed by atoms with van der Waals surface area (Å²) >= 11 is 0. The van der Waals surface area contributed by atoms with Crippen LogP contribution in [0.3, 0.4) is 0 Å². The van der Waals surface area contributed by atoms with Crippen LogP contribution in [0.4, 0.5) is 5.69 Å². The predicted molar refractivity (Wildman–Crippen MR) is 95.0 cm³/mol. The van der Waals surface area contributed by atoms with Gasteiger partial charge in [0.2, 0.25) is 0 Å². The molecule has 0 bridgehead atoms. The van der Waals surface area contributed by atoms with Crippen LogP contribution in [0.15, 0.2) is 48.5 Å². The van der Waals surface area contributed by atoms with Crippen molar-refractivity contribution in [2.24, 2.45) is 0 Å².